The van der Waals surface area contributed by atoms with Gasteiger partial charge in [-0.05, 0) is 36.4 Å². The standard InChI is InChI=1S/C13H8BrClO3/c14-8-1-3-9(4-2-8)18-10-5-6-11(13(16)17)12(15)7-10/h1-7H,(H,16,17). The SMILES string of the molecule is O=C(O)c1ccc(Oc2ccc(Br)cc2)cc1Cl. The van der Waals surface area contributed by atoms with E-state index < -0.39 is 5.97 Å². The van der Waals surface area contributed by atoms with Crippen molar-refractivity contribution in [1.82, 2.24) is 0 Å². The highest BCUT2D eigenvalue weighted by atomic mass is 79.9. The number of carboxylic acid groups (broad SMARTS) is 1. The third kappa shape index (κ3) is 3.03. The summed E-state index contributed by atoms with van der Waals surface area (Å²) >= 11 is 9.17. The molecule has 0 bridgehead atoms. The molecule has 3 nitrogen and oxygen atoms in total. The Morgan fingerprint density at radius 1 is 1.11 bits per heavy atom. The van der Waals surface area contributed by atoms with Crippen molar-refractivity contribution < 1.29 is 14.6 Å². The van der Waals surface area contributed by atoms with Crippen LogP contribution in [-0.2, 0) is 0 Å². The molecule has 0 amide bonds. The molecular weight excluding hydrogens is 319 g/mol. The van der Waals surface area contributed by atoms with Gasteiger partial charge >= 0.3 is 5.97 Å². The zero-order valence-electron chi connectivity index (χ0n) is 9.06. The highest BCUT2D eigenvalue weighted by molar-refractivity contribution is 9.10. The molecule has 0 atom stereocenters. The predicted octanol–water partition coefficient (Wildman–Crippen LogP) is 4.59. The molecule has 0 heterocycles. The predicted molar refractivity (Wildman–Crippen MR) is 72.6 cm³/mol. The normalized spacial score (nSPS) is 10.1. The van der Waals surface area contributed by atoms with Gasteiger partial charge in [0.05, 0.1) is 10.6 Å². The van der Waals surface area contributed by atoms with E-state index in [1.807, 2.05) is 12.1 Å². The van der Waals surface area contributed by atoms with Crippen LogP contribution in [-0.4, -0.2) is 11.1 Å². The van der Waals surface area contributed by atoms with Gasteiger partial charge in [0.1, 0.15) is 11.5 Å². The van der Waals surface area contributed by atoms with Gasteiger partial charge in [-0.2, -0.15) is 0 Å². The van der Waals surface area contributed by atoms with Crippen molar-refractivity contribution in [3.05, 3.63) is 57.5 Å². The molecule has 18 heavy (non-hydrogen) atoms. The van der Waals surface area contributed by atoms with Crippen LogP contribution in [0.3, 0.4) is 0 Å². The van der Waals surface area contributed by atoms with Gasteiger partial charge in [-0.15, -0.1) is 0 Å². The third-order valence-electron chi connectivity index (χ3n) is 2.22. The number of halogens is 2. The molecule has 0 radical (unpaired) electrons. The number of carboxylic acids is 1. The average Bonchev–Trinajstić information content (AvgIpc) is 2.32. The fourth-order valence-corrected chi connectivity index (χ4v) is 1.89. The van der Waals surface area contributed by atoms with Crippen molar-refractivity contribution >= 4 is 33.5 Å². The molecule has 0 aliphatic heterocycles. The van der Waals surface area contributed by atoms with E-state index in [1.165, 1.54) is 12.1 Å². The Morgan fingerprint density at radius 3 is 2.28 bits per heavy atom. The lowest BCUT2D eigenvalue weighted by molar-refractivity contribution is 0.0697. The second kappa shape index (κ2) is 5.42. The van der Waals surface area contributed by atoms with E-state index in [0.717, 1.165) is 4.47 Å². The van der Waals surface area contributed by atoms with Crippen molar-refractivity contribution in [1.29, 1.82) is 0 Å². The first-order valence-electron chi connectivity index (χ1n) is 5.02. The van der Waals surface area contributed by atoms with Gasteiger partial charge in [-0.25, -0.2) is 4.79 Å². The van der Waals surface area contributed by atoms with Crippen LogP contribution < -0.4 is 4.74 Å². The van der Waals surface area contributed by atoms with E-state index in [2.05, 4.69) is 15.9 Å². The molecule has 0 spiro atoms. The quantitative estimate of drug-likeness (QED) is 0.896. The van der Waals surface area contributed by atoms with E-state index in [0.29, 0.717) is 11.5 Å². The second-order valence-electron chi connectivity index (χ2n) is 3.50. The first-order valence-corrected chi connectivity index (χ1v) is 6.19. The number of aromatic carboxylic acids is 1. The Hall–Kier alpha value is -1.52. The summed E-state index contributed by atoms with van der Waals surface area (Å²) in [4.78, 5) is 10.8. The zero-order valence-corrected chi connectivity index (χ0v) is 11.4. The summed E-state index contributed by atoms with van der Waals surface area (Å²) in [5.41, 5.74) is 0.0554. The lowest BCUT2D eigenvalue weighted by Crippen LogP contribution is -1.97. The Kier molecular flexibility index (Phi) is 3.89. The summed E-state index contributed by atoms with van der Waals surface area (Å²) in [7, 11) is 0. The zero-order chi connectivity index (χ0) is 13.1. The lowest BCUT2D eigenvalue weighted by atomic mass is 10.2. The summed E-state index contributed by atoms with van der Waals surface area (Å²) in [5, 5.41) is 9.00. The molecule has 0 aliphatic carbocycles. The van der Waals surface area contributed by atoms with Gasteiger partial charge in [-0.1, -0.05) is 27.5 Å². The van der Waals surface area contributed by atoms with Crippen LogP contribution in [0.5, 0.6) is 11.5 Å². The molecule has 0 unspecified atom stereocenters. The van der Waals surface area contributed by atoms with Gasteiger partial charge in [0.25, 0.3) is 0 Å². The Morgan fingerprint density at radius 2 is 1.72 bits per heavy atom. The van der Waals surface area contributed by atoms with Gasteiger partial charge in [0.15, 0.2) is 0 Å². The fourth-order valence-electron chi connectivity index (χ4n) is 1.37. The van der Waals surface area contributed by atoms with Crippen LogP contribution in [0.25, 0.3) is 0 Å². The summed E-state index contributed by atoms with van der Waals surface area (Å²) in [5.74, 6) is 0.0832. The first kappa shape index (κ1) is 12.9. The van der Waals surface area contributed by atoms with E-state index >= 15 is 0 Å². The number of benzene rings is 2. The van der Waals surface area contributed by atoms with E-state index in [9.17, 15) is 4.79 Å². The van der Waals surface area contributed by atoms with Crippen LogP contribution in [0.15, 0.2) is 46.9 Å². The van der Waals surface area contributed by atoms with Crippen LogP contribution in [0.2, 0.25) is 5.02 Å². The number of hydrogen-bond acceptors (Lipinski definition) is 2. The fraction of sp³-hybridized carbons (Fsp3) is 0. The monoisotopic (exact) mass is 326 g/mol. The molecule has 5 heteroatoms. The summed E-state index contributed by atoms with van der Waals surface area (Å²) in [6, 6.07) is 11.8. The lowest BCUT2D eigenvalue weighted by Gasteiger charge is -2.07. The first-order chi connectivity index (χ1) is 8.56. The maximum atomic E-state index is 10.8. The molecule has 0 aromatic heterocycles. The number of rotatable bonds is 3. The molecular formula is C13H8BrClO3. The molecule has 2 aromatic rings. The highest BCUT2D eigenvalue weighted by Crippen LogP contribution is 2.27. The van der Waals surface area contributed by atoms with E-state index in [1.54, 1.807) is 18.2 Å². The average molecular weight is 328 g/mol. The van der Waals surface area contributed by atoms with Gasteiger partial charge in [-0.3, -0.25) is 0 Å². The number of hydrogen-bond donors (Lipinski definition) is 1. The van der Waals surface area contributed by atoms with Crippen molar-refractivity contribution in [3.63, 3.8) is 0 Å². The molecule has 1 N–H and O–H groups in total. The Balaban J connectivity index is 2.22. The maximum absolute atomic E-state index is 10.8. The number of carbonyl (C=O) groups is 1. The molecule has 92 valence electrons. The van der Waals surface area contributed by atoms with Gasteiger partial charge in [0.2, 0.25) is 0 Å². The van der Waals surface area contributed by atoms with Crippen LogP contribution in [0, 0.1) is 0 Å². The largest absolute Gasteiger partial charge is 0.478 e. The van der Waals surface area contributed by atoms with Crippen LogP contribution >= 0.6 is 27.5 Å². The van der Waals surface area contributed by atoms with Crippen molar-refractivity contribution in [2.75, 3.05) is 0 Å². The third-order valence-corrected chi connectivity index (χ3v) is 3.06. The molecule has 0 saturated carbocycles. The topological polar surface area (TPSA) is 46.5 Å². The van der Waals surface area contributed by atoms with Crippen molar-refractivity contribution in [2.24, 2.45) is 0 Å². The van der Waals surface area contributed by atoms with Crippen LogP contribution in [0.4, 0.5) is 0 Å². The molecule has 0 aliphatic rings. The summed E-state index contributed by atoms with van der Waals surface area (Å²) in [6.07, 6.45) is 0. The molecule has 2 rings (SSSR count). The van der Waals surface area contributed by atoms with E-state index in [-0.39, 0.29) is 10.6 Å². The van der Waals surface area contributed by atoms with Crippen LogP contribution in [0.1, 0.15) is 10.4 Å². The Labute approximate surface area is 117 Å². The second-order valence-corrected chi connectivity index (χ2v) is 4.83. The van der Waals surface area contributed by atoms with Crippen molar-refractivity contribution in [3.8, 4) is 11.5 Å². The molecule has 2 aromatic carbocycles. The minimum atomic E-state index is -1.06. The summed E-state index contributed by atoms with van der Waals surface area (Å²) in [6.45, 7) is 0. The maximum Gasteiger partial charge on any atom is 0.337 e. The minimum absolute atomic E-state index is 0.0554. The van der Waals surface area contributed by atoms with E-state index in [4.69, 9.17) is 21.4 Å². The number of ether oxygens (including phenoxy) is 1. The van der Waals surface area contributed by atoms with Gasteiger partial charge in [0, 0.05) is 10.5 Å². The summed E-state index contributed by atoms with van der Waals surface area (Å²) < 4.78 is 6.50. The Bertz CT molecular complexity index is 581. The van der Waals surface area contributed by atoms with Gasteiger partial charge < -0.3 is 9.84 Å². The highest BCUT2D eigenvalue weighted by Gasteiger charge is 2.09. The van der Waals surface area contributed by atoms with Crippen molar-refractivity contribution in [2.45, 2.75) is 0 Å². The molecule has 0 saturated heterocycles. The minimum Gasteiger partial charge on any atom is -0.478 e. The smallest absolute Gasteiger partial charge is 0.337 e. The molecule has 0 fully saturated rings.